The summed E-state index contributed by atoms with van der Waals surface area (Å²) in [5.74, 6) is -0.869. The third-order valence-corrected chi connectivity index (χ3v) is 3.02. The van der Waals surface area contributed by atoms with Gasteiger partial charge in [-0.2, -0.15) is 13.2 Å². The van der Waals surface area contributed by atoms with Gasteiger partial charge in [0, 0.05) is 0 Å². The number of alkyl halides is 3. The van der Waals surface area contributed by atoms with Crippen molar-refractivity contribution in [3.05, 3.63) is 39.3 Å². The van der Waals surface area contributed by atoms with Crippen LogP contribution in [0, 0.1) is 9.39 Å². The van der Waals surface area contributed by atoms with Crippen LogP contribution < -0.4 is 0 Å². The Morgan fingerprint density at radius 2 is 1.82 bits per heavy atom. The maximum absolute atomic E-state index is 13.4. The minimum atomic E-state index is -4.61. The van der Waals surface area contributed by atoms with Crippen LogP contribution in [0.15, 0.2) is 28.8 Å². The smallest absolute Gasteiger partial charge is 0.354 e. The molecule has 7 heteroatoms. The third kappa shape index (κ3) is 2.28. The Labute approximate surface area is 107 Å². The van der Waals surface area contributed by atoms with Crippen molar-refractivity contribution in [1.82, 2.24) is 5.16 Å². The summed E-state index contributed by atoms with van der Waals surface area (Å²) in [5.41, 5.74) is -1.18. The van der Waals surface area contributed by atoms with Crippen molar-refractivity contribution in [3.63, 3.8) is 0 Å². The van der Waals surface area contributed by atoms with E-state index in [1.165, 1.54) is 40.8 Å². The number of halogens is 5. The first-order chi connectivity index (χ1) is 7.91. The van der Waals surface area contributed by atoms with Crippen LogP contribution in [-0.2, 0) is 6.18 Å². The Morgan fingerprint density at radius 3 is 2.35 bits per heavy atom. The summed E-state index contributed by atoms with van der Waals surface area (Å²) in [6.07, 6.45) is -4.61. The number of rotatable bonds is 1. The highest BCUT2D eigenvalue weighted by Crippen LogP contribution is 2.37. The van der Waals surface area contributed by atoms with Crippen molar-refractivity contribution in [2.45, 2.75) is 6.18 Å². The molecule has 0 spiro atoms. The molecule has 1 aromatic heterocycles. The van der Waals surface area contributed by atoms with E-state index in [1.54, 1.807) is 0 Å². The van der Waals surface area contributed by atoms with Gasteiger partial charge in [0.15, 0.2) is 5.76 Å². The second-order valence-corrected chi connectivity index (χ2v) is 4.23. The van der Waals surface area contributed by atoms with Gasteiger partial charge in [-0.25, -0.2) is 4.39 Å². The van der Waals surface area contributed by atoms with Crippen molar-refractivity contribution in [3.8, 4) is 11.3 Å². The predicted octanol–water partition coefficient (Wildman–Crippen LogP) is 4.10. The number of hydrogen-bond donors (Lipinski definition) is 0. The zero-order valence-corrected chi connectivity index (χ0v) is 10.2. The number of hydrogen-bond acceptors (Lipinski definition) is 2. The van der Waals surface area contributed by atoms with E-state index < -0.39 is 17.7 Å². The number of aromatic nitrogens is 1. The Hall–Kier alpha value is -1.12. The topological polar surface area (TPSA) is 26.0 Å². The third-order valence-electron chi connectivity index (χ3n) is 2.02. The van der Waals surface area contributed by atoms with Crippen LogP contribution >= 0.6 is 22.6 Å². The van der Waals surface area contributed by atoms with Crippen LogP contribution in [0.25, 0.3) is 11.3 Å². The minimum absolute atomic E-state index is 0.0418. The molecule has 0 bridgehead atoms. The molecule has 2 rings (SSSR count). The molecule has 0 N–H and O–H groups in total. The summed E-state index contributed by atoms with van der Waals surface area (Å²) >= 11 is 1.44. The molecule has 0 amide bonds. The molecule has 0 unspecified atom stereocenters. The average Bonchev–Trinajstić information content (AvgIpc) is 2.60. The maximum atomic E-state index is 13.4. The van der Waals surface area contributed by atoms with E-state index >= 15 is 0 Å². The fourth-order valence-electron chi connectivity index (χ4n) is 1.27. The molecular formula is C10H4F4INO. The van der Waals surface area contributed by atoms with Crippen LogP contribution in [0.3, 0.4) is 0 Å². The fourth-order valence-corrected chi connectivity index (χ4v) is 2.06. The van der Waals surface area contributed by atoms with E-state index in [0.717, 1.165) is 6.07 Å². The van der Waals surface area contributed by atoms with Crippen molar-refractivity contribution >= 4 is 22.6 Å². The van der Waals surface area contributed by atoms with Gasteiger partial charge in [0.2, 0.25) is 5.69 Å². The lowest BCUT2D eigenvalue weighted by Gasteiger charge is -2.01. The Morgan fingerprint density at radius 1 is 1.18 bits per heavy atom. The van der Waals surface area contributed by atoms with E-state index in [4.69, 9.17) is 0 Å². The summed E-state index contributed by atoms with van der Waals surface area (Å²) in [4.78, 5) is 0. The highest BCUT2D eigenvalue weighted by atomic mass is 127. The van der Waals surface area contributed by atoms with Gasteiger partial charge >= 0.3 is 6.18 Å². The first-order valence-electron chi connectivity index (χ1n) is 4.38. The fraction of sp³-hybridized carbons (Fsp3) is 0.100. The van der Waals surface area contributed by atoms with E-state index in [2.05, 4.69) is 9.68 Å². The number of nitrogens with zero attached hydrogens (tertiary/aromatic N) is 1. The molecule has 0 radical (unpaired) electrons. The molecule has 0 saturated carbocycles. The molecule has 0 fully saturated rings. The molecule has 17 heavy (non-hydrogen) atoms. The first-order valence-corrected chi connectivity index (χ1v) is 5.46. The summed E-state index contributed by atoms with van der Waals surface area (Å²) in [6, 6.07) is 5.41. The Balaban J connectivity index is 2.56. The number of benzene rings is 1. The zero-order chi connectivity index (χ0) is 12.6. The molecule has 2 nitrogen and oxygen atoms in total. The molecular weight excluding hydrogens is 353 g/mol. The Bertz CT molecular complexity index is 549. The molecule has 2 aromatic rings. The molecule has 0 atom stereocenters. The highest BCUT2D eigenvalue weighted by molar-refractivity contribution is 14.1. The lowest BCUT2D eigenvalue weighted by atomic mass is 10.1. The lowest BCUT2D eigenvalue weighted by molar-refractivity contribution is -0.143. The van der Waals surface area contributed by atoms with Crippen LogP contribution in [0.4, 0.5) is 17.6 Å². The standard InChI is InChI=1S/C10H4F4INO/c11-6-4-2-1-3-5(6)8-7(15)9(16-17-8)10(12,13)14/h1-4H. The van der Waals surface area contributed by atoms with E-state index in [-0.39, 0.29) is 14.9 Å². The van der Waals surface area contributed by atoms with Crippen LogP contribution in [-0.4, -0.2) is 5.16 Å². The van der Waals surface area contributed by atoms with Gasteiger partial charge in [-0.1, -0.05) is 17.3 Å². The van der Waals surface area contributed by atoms with Gasteiger partial charge in [-0.3, -0.25) is 0 Å². The van der Waals surface area contributed by atoms with Crippen molar-refractivity contribution in [2.75, 3.05) is 0 Å². The van der Waals surface area contributed by atoms with Crippen LogP contribution in [0.2, 0.25) is 0 Å². The normalized spacial score (nSPS) is 11.8. The van der Waals surface area contributed by atoms with E-state index in [1.807, 2.05) is 0 Å². The summed E-state index contributed by atoms with van der Waals surface area (Å²) < 4.78 is 55.1. The average molecular weight is 357 g/mol. The van der Waals surface area contributed by atoms with Gasteiger partial charge in [-0.15, -0.1) is 0 Å². The van der Waals surface area contributed by atoms with Crippen LogP contribution in [0.1, 0.15) is 5.69 Å². The second-order valence-electron chi connectivity index (χ2n) is 3.15. The summed E-state index contributed by atoms with van der Waals surface area (Å²) in [5, 5.41) is 2.93. The molecule has 90 valence electrons. The first kappa shape index (κ1) is 12.3. The van der Waals surface area contributed by atoms with Gasteiger partial charge < -0.3 is 4.52 Å². The monoisotopic (exact) mass is 357 g/mol. The Kier molecular flexibility index (Phi) is 3.11. The van der Waals surface area contributed by atoms with Crippen molar-refractivity contribution in [1.29, 1.82) is 0 Å². The summed E-state index contributed by atoms with van der Waals surface area (Å²) in [7, 11) is 0. The zero-order valence-electron chi connectivity index (χ0n) is 8.05. The van der Waals surface area contributed by atoms with Gasteiger partial charge in [0.1, 0.15) is 5.82 Å². The van der Waals surface area contributed by atoms with Gasteiger partial charge in [0.05, 0.1) is 9.13 Å². The quantitative estimate of drug-likeness (QED) is 0.567. The van der Waals surface area contributed by atoms with Crippen molar-refractivity contribution < 1.29 is 22.1 Å². The maximum Gasteiger partial charge on any atom is 0.437 e. The van der Waals surface area contributed by atoms with Crippen molar-refractivity contribution in [2.24, 2.45) is 0 Å². The summed E-state index contributed by atoms with van der Waals surface area (Å²) in [6.45, 7) is 0. The van der Waals surface area contributed by atoms with Gasteiger partial charge in [0.25, 0.3) is 0 Å². The molecule has 1 heterocycles. The minimum Gasteiger partial charge on any atom is -0.354 e. The van der Waals surface area contributed by atoms with E-state index in [0.29, 0.717) is 0 Å². The molecule has 0 aliphatic carbocycles. The lowest BCUT2D eigenvalue weighted by Crippen LogP contribution is -2.07. The second kappa shape index (κ2) is 4.28. The molecule has 0 aliphatic heterocycles. The molecule has 0 aliphatic rings. The van der Waals surface area contributed by atoms with E-state index in [9.17, 15) is 17.6 Å². The SMILES string of the molecule is Fc1ccccc1-c1onc(C(F)(F)F)c1I. The molecule has 0 saturated heterocycles. The predicted molar refractivity (Wildman–Crippen MR) is 59.6 cm³/mol. The molecule has 1 aromatic carbocycles. The highest BCUT2D eigenvalue weighted by Gasteiger charge is 2.39. The van der Waals surface area contributed by atoms with Crippen LogP contribution in [0.5, 0.6) is 0 Å². The van der Waals surface area contributed by atoms with Gasteiger partial charge in [-0.05, 0) is 34.7 Å². The largest absolute Gasteiger partial charge is 0.437 e.